The minimum absolute atomic E-state index is 0.140. The van der Waals surface area contributed by atoms with Crippen LogP contribution in [-0.2, 0) is 19.1 Å². The van der Waals surface area contributed by atoms with Gasteiger partial charge in [0.1, 0.15) is 5.60 Å². The maximum atomic E-state index is 13.6. The molecule has 1 aliphatic carbocycles. The Hall–Kier alpha value is -1.53. The highest BCUT2D eigenvalue weighted by atomic mass is 19.4. The fraction of sp³-hybridized carbons (Fsp3) is 0.778. The van der Waals surface area contributed by atoms with Crippen molar-refractivity contribution in [2.24, 2.45) is 11.8 Å². The van der Waals surface area contributed by atoms with Crippen LogP contribution >= 0.6 is 0 Å². The molecule has 4 nitrogen and oxygen atoms in total. The lowest BCUT2D eigenvalue weighted by Crippen LogP contribution is -2.54. The van der Waals surface area contributed by atoms with Crippen LogP contribution in [0.3, 0.4) is 0 Å². The molecular weight excluding hydrogens is 337 g/mol. The van der Waals surface area contributed by atoms with Crippen LogP contribution in [0.15, 0.2) is 12.2 Å². The number of esters is 2. The van der Waals surface area contributed by atoms with Crippen LogP contribution in [0.2, 0.25) is 0 Å². The summed E-state index contributed by atoms with van der Waals surface area (Å²) in [5, 5.41) is 0. The Balaban J connectivity index is 2.90. The molecule has 0 heterocycles. The first-order valence-corrected chi connectivity index (χ1v) is 8.40. The summed E-state index contributed by atoms with van der Waals surface area (Å²) >= 11 is 0. The van der Waals surface area contributed by atoms with Crippen molar-refractivity contribution in [2.45, 2.75) is 77.7 Å². The first-order chi connectivity index (χ1) is 11.2. The van der Waals surface area contributed by atoms with E-state index in [4.69, 9.17) is 9.47 Å². The zero-order chi connectivity index (χ0) is 19.6. The van der Waals surface area contributed by atoms with E-state index in [9.17, 15) is 22.8 Å². The van der Waals surface area contributed by atoms with Crippen LogP contribution in [0.25, 0.3) is 0 Å². The molecule has 1 fully saturated rings. The molecule has 144 valence electrons. The van der Waals surface area contributed by atoms with E-state index in [1.165, 1.54) is 20.8 Å². The number of alkyl halides is 3. The van der Waals surface area contributed by atoms with Crippen molar-refractivity contribution in [2.75, 3.05) is 0 Å². The van der Waals surface area contributed by atoms with Gasteiger partial charge < -0.3 is 9.47 Å². The number of rotatable bonds is 5. The molecule has 0 radical (unpaired) electrons. The molecule has 0 aromatic carbocycles. The van der Waals surface area contributed by atoms with Gasteiger partial charge in [-0.05, 0) is 46.5 Å². The number of carbonyl (C=O) groups is 2. The average Bonchev–Trinajstić information content (AvgIpc) is 2.45. The lowest BCUT2D eigenvalue weighted by molar-refractivity contribution is -0.287. The first kappa shape index (κ1) is 21.5. The predicted molar refractivity (Wildman–Crippen MR) is 86.7 cm³/mol. The Morgan fingerprint density at radius 2 is 1.68 bits per heavy atom. The second-order valence-electron chi connectivity index (χ2n) is 7.57. The molecule has 1 aliphatic rings. The molecule has 25 heavy (non-hydrogen) atoms. The van der Waals surface area contributed by atoms with Gasteiger partial charge in [-0.1, -0.05) is 20.4 Å². The molecule has 0 aromatic heterocycles. The zero-order valence-corrected chi connectivity index (χ0v) is 15.5. The van der Waals surface area contributed by atoms with Crippen molar-refractivity contribution in [3.63, 3.8) is 0 Å². The van der Waals surface area contributed by atoms with Crippen molar-refractivity contribution in [1.82, 2.24) is 0 Å². The third-order valence-electron chi connectivity index (χ3n) is 4.86. The second-order valence-corrected chi connectivity index (χ2v) is 7.57. The average molecular weight is 364 g/mol. The van der Waals surface area contributed by atoms with Crippen LogP contribution < -0.4 is 0 Å². The summed E-state index contributed by atoms with van der Waals surface area (Å²) < 4.78 is 51.2. The van der Waals surface area contributed by atoms with Gasteiger partial charge in [-0.3, -0.25) is 4.79 Å². The van der Waals surface area contributed by atoms with Crippen LogP contribution in [0.5, 0.6) is 0 Å². The molecule has 1 saturated carbocycles. The van der Waals surface area contributed by atoms with E-state index in [0.29, 0.717) is 0 Å². The topological polar surface area (TPSA) is 52.6 Å². The third-order valence-corrected chi connectivity index (χ3v) is 4.86. The highest BCUT2D eigenvalue weighted by Crippen LogP contribution is 2.48. The van der Waals surface area contributed by atoms with E-state index in [2.05, 4.69) is 6.58 Å². The molecule has 0 amide bonds. The molecule has 0 N–H and O–H groups in total. The quantitative estimate of drug-likeness (QED) is 0.529. The number of hydrogen-bond donors (Lipinski definition) is 0. The van der Waals surface area contributed by atoms with Crippen molar-refractivity contribution in [1.29, 1.82) is 0 Å². The summed E-state index contributed by atoms with van der Waals surface area (Å²) in [7, 11) is 0. The van der Waals surface area contributed by atoms with E-state index in [-0.39, 0.29) is 31.3 Å². The highest BCUT2D eigenvalue weighted by Gasteiger charge is 2.60. The summed E-state index contributed by atoms with van der Waals surface area (Å²) in [4.78, 5) is 23.5. The standard InChI is InChI=1S/C18H27F3O4/c1-11(2)14(22)24-16(5)9-7-13(8-10-16)17(6,18(19,20)21)25-15(23)12(3)4/h12-13H,1,7-10H2,2-6H3. The van der Waals surface area contributed by atoms with Gasteiger partial charge in [0.2, 0.25) is 5.60 Å². The Kier molecular flexibility index (Phi) is 6.35. The summed E-state index contributed by atoms with van der Waals surface area (Å²) in [6, 6.07) is 0. The molecule has 1 atom stereocenters. The van der Waals surface area contributed by atoms with Crippen molar-refractivity contribution >= 4 is 11.9 Å². The fourth-order valence-electron chi connectivity index (χ4n) is 2.89. The lowest BCUT2D eigenvalue weighted by Gasteiger charge is -2.44. The maximum absolute atomic E-state index is 13.6. The second kappa shape index (κ2) is 7.38. The van der Waals surface area contributed by atoms with Gasteiger partial charge in [-0.25, -0.2) is 4.79 Å². The minimum Gasteiger partial charge on any atom is -0.456 e. The Bertz CT molecular complexity index is 531. The van der Waals surface area contributed by atoms with Gasteiger partial charge in [0.05, 0.1) is 5.92 Å². The molecule has 0 aliphatic heterocycles. The first-order valence-electron chi connectivity index (χ1n) is 8.40. The summed E-state index contributed by atoms with van der Waals surface area (Å²) in [6.07, 6.45) is -3.86. The monoisotopic (exact) mass is 364 g/mol. The van der Waals surface area contributed by atoms with Crippen molar-refractivity contribution in [3.8, 4) is 0 Å². The van der Waals surface area contributed by atoms with E-state index < -0.39 is 41.2 Å². The van der Waals surface area contributed by atoms with Gasteiger partial charge in [-0.15, -0.1) is 0 Å². The maximum Gasteiger partial charge on any atom is 0.428 e. The zero-order valence-electron chi connectivity index (χ0n) is 15.5. The Morgan fingerprint density at radius 3 is 2.04 bits per heavy atom. The molecule has 0 bridgehead atoms. The number of halogens is 3. The summed E-state index contributed by atoms with van der Waals surface area (Å²) in [6.45, 7) is 10.6. The lowest BCUT2D eigenvalue weighted by atomic mass is 9.72. The molecule has 0 aromatic rings. The smallest absolute Gasteiger partial charge is 0.428 e. The molecule has 1 rings (SSSR count). The van der Waals surface area contributed by atoms with Crippen LogP contribution in [0.4, 0.5) is 13.2 Å². The van der Waals surface area contributed by atoms with Crippen molar-refractivity contribution < 1.29 is 32.2 Å². The van der Waals surface area contributed by atoms with Gasteiger partial charge in [0.15, 0.2) is 0 Å². The van der Waals surface area contributed by atoms with E-state index in [1.807, 2.05) is 0 Å². The molecule has 7 heteroatoms. The molecule has 0 spiro atoms. The van der Waals surface area contributed by atoms with Gasteiger partial charge in [-0.2, -0.15) is 13.2 Å². The number of ether oxygens (including phenoxy) is 2. The van der Waals surface area contributed by atoms with Crippen LogP contribution in [0, 0.1) is 11.8 Å². The van der Waals surface area contributed by atoms with E-state index in [1.54, 1.807) is 6.92 Å². The van der Waals surface area contributed by atoms with Crippen LogP contribution in [-0.4, -0.2) is 29.3 Å². The Morgan fingerprint density at radius 1 is 1.20 bits per heavy atom. The van der Waals surface area contributed by atoms with E-state index >= 15 is 0 Å². The normalized spacial score (nSPS) is 26.7. The minimum atomic E-state index is -4.68. The SMILES string of the molecule is C=C(C)C(=O)OC1(C)CCC(C(C)(OC(=O)C(C)C)C(F)(F)F)CC1. The van der Waals surface area contributed by atoms with Gasteiger partial charge in [0.25, 0.3) is 0 Å². The summed E-state index contributed by atoms with van der Waals surface area (Å²) in [5.74, 6) is -2.95. The molecular formula is C18H27F3O4. The molecule has 0 saturated heterocycles. The molecule has 1 unspecified atom stereocenters. The van der Waals surface area contributed by atoms with E-state index in [0.717, 1.165) is 6.92 Å². The predicted octanol–water partition coefficient (Wildman–Crippen LogP) is 4.57. The number of carbonyl (C=O) groups excluding carboxylic acids is 2. The highest BCUT2D eigenvalue weighted by molar-refractivity contribution is 5.87. The largest absolute Gasteiger partial charge is 0.456 e. The fourth-order valence-corrected chi connectivity index (χ4v) is 2.89. The van der Waals surface area contributed by atoms with Gasteiger partial charge in [0, 0.05) is 11.5 Å². The summed E-state index contributed by atoms with van der Waals surface area (Å²) in [5.41, 5.74) is -3.14. The third kappa shape index (κ3) is 4.98. The number of hydrogen-bond acceptors (Lipinski definition) is 4. The van der Waals surface area contributed by atoms with Gasteiger partial charge >= 0.3 is 18.1 Å². The van der Waals surface area contributed by atoms with Crippen molar-refractivity contribution in [3.05, 3.63) is 12.2 Å². The van der Waals surface area contributed by atoms with Crippen LogP contribution in [0.1, 0.15) is 60.3 Å². The Labute approximate surface area is 146 Å².